The molecule has 0 aliphatic carbocycles. The van der Waals surface area contributed by atoms with E-state index in [1.54, 1.807) is 6.07 Å². The first-order chi connectivity index (χ1) is 27.8. The first-order valence-electron chi connectivity index (χ1n) is 19.0. The Morgan fingerprint density at radius 3 is 2.35 bits per heavy atom. The van der Waals surface area contributed by atoms with Crippen molar-refractivity contribution in [1.29, 1.82) is 0 Å². The molecule has 0 radical (unpaired) electrons. The third-order valence-corrected chi connectivity index (χ3v) is 10.9. The Hall–Kier alpha value is -7.09. The summed E-state index contributed by atoms with van der Waals surface area (Å²) in [7, 11) is 0. The van der Waals surface area contributed by atoms with Crippen molar-refractivity contribution >= 4 is 51.9 Å². The number of hydrogen-bond acceptors (Lipinski definition) is 10. The molecule has 0 bridgehead atoms. The van der Waals surface area contributed by atoms with E-state index in [0.717, 1.165) is 46.7 Å². The normalized spacial score (nSPS) is 17.1. The van der Waals surface area contributed by atoms with Gasteiger partial charge in [0.2, 0.25) is 17.7 Å². The molecule has 2 aromatic heterocycles. The van der Waals surface area contributed by atoms with Gasteiger partial charge in [-0.2, -0.15) is 5.10 Å². The predicted molar refractivity (Wildman–Crippen MR) is 212 cm³/mol. The van der Waals surface area contributed by atoms with E-state index in [4.69, 9.17) is 15.6 Å². The van der Waals surface area contributed by atoms with Crippen molar-refractivity contribution in [2.24, 2.45) is 0 Å². The lowest BCUT2D eigenvalue weighted by molar-refractivity contribution is -0.137. The molecule has 1 atom stereocenters. The SMILES string of the molecule is Nc1ncnc2c1c(-c1ccc(Oc3ccccc3)cc1)nn2C1CCN(C(=O)Cc2ccc(Nc3ccc4c(c3)CN(C3CCC(=O)NC3=O)C4=O)cc2)CC1. The van der Waals surface area contributed by atoms with Crippen molar-refractivity contribution in [3.8, 4) is 22.8 Å². The summed E-state index contributed by atoms with van der Waals surface area (Å²) in [5, 5.41) is 11.4. The average Bonchev–Trinajstić information content (AvgIpc) is 3.78. The Balaban J connectivity index is 0.811. The minimum absolute atomic E-state index is 0.0310. The van der Waals surface area contributed by atoms with Crippen LogP contribution in [0.25, 0.3) is 22.3 Å². The van der Waals surface area contributed by atoms with Gasteiger partial charge in [0, 0.05) is 48.6 Å². The van der Waals surface area contributed by atoms with Crippen molar-refractivity contribution in [2.75, 3.05) is 24.1 Å². The van der Waals surface area contributed by atoms with Crippen LogP contribution in [-0.2, 0) is 27.3 Å². The average molecular weight is 762 g/mol. The molecule has 2 saturated heterocycles. The van der Waals surface area contributed by atoms with E-state index in [2.05, 4.69) is 20.6 Å². The van der Waals surface area contributed by atoms with E-state index in [9.17, 15) is 19.2 Å². The van der Waals surface area contributed by atoms with Crippen LogP contribution in [0.15, 0.2) is 103 Å². The maximum atomic E-state index is 13.5. The zero-order chi connectivity index (χ0) is 39.0. The smallest absolute Gasteiger partial charge is 0.255 e. The fourth-order valence-corrected chi connectivity index (χ4v) is 7.93. The molecule has 57 heavy (non-hydrogen) atoms. The van der Waals surface area contributed by atoms with Crippen LogP contribution in [0.2, 0.25) is 0 Å². The predicted octanol–water partition coefficient (Wildman–Crippen LogP) is 5.78. The fraction of sp³-hybridized carbons (Fsp3) is 0.233. The number of carbonyl (C=O) groups is 4. The van der Waals surface area contributed by atoms with Gasteiger partial charge in [-0.1, -0.05) is 30.3 Å². The van der Waals surface area contributed by atoms with Crippen LogP contribution in [0.3, 0.4) is 0 Å². The van der Waals surface area contributed by atoms with Crippen LogP contribution in [0.5, 0.6) is 11.5 Å². The largest absolute Gasteiger partial charge is 0.457 e. The van der Waals surface area contributed by atoms with Crippen molar-refractivity contribution in [3.05, 3.63) is 120 Å². The second-order valence-electron chi connectivity index (χ2n) is 14.6. The molecule has 0 saturated carbocycles. The molecule has 3 aliphatic heterocycles. The minimum atomic E-state index is -0.655. The summed E-state index contributed by atoms with van der Waals surface area (Å²) in [6.07, 6.45) is 3.71. The number of aromatic nitrogens is 4. The van der Waals surface area contributed by atoms with E-state index in [1.165, 1.54) is 11.2 Å². The van der Waals surface area contributed by atoms with Gasteiger partial charge >= 0.3 is 0 Å². The highest BCUT2D eigenvalue weighted by Gasteiger charge is 2.39. The Bertz CT molecular complexity index is 2510. The highest BCUT2D eigenvalue weighted by molar-refractivity contribution is 6.05. The number of benzene rings is 4. The standard InChI is InChI=1S/C43H39N9O5/c44-40-38-39(27-8-13-33(14-9-27)57-32-4-2-1-3-5-32)49-52(41(38)46-25-45-40)31-18-20-50(21-19-31)37(54)22-26-6-10-29(11-7-26)47-30-12-15-34-28(23-30)24-51(43(34)56)35-16-17-36(53)48-42(35)55/h1-15,23,25,31,35,47H,16-22,24H2,(H2,44,45,46)(H,48,53,55). The van der Waals surface area contributed by atoms with Crippen LogP contribution in [0.4, 0.5) is 17.2 Å². The highest BCUT2D eigenvalue weighted by atomic mass is 16.5. The van der Waals surface area contributed by atoms with Gasteiger partial charge in [0.05, 0.1) is 17.8 Å². The van der Waals surface area contributed by atoms with E-state index in [1.807, 2.05) is 101 Å². The molecule has 286 valence electrons. The van der Waals surface area contributed by atoms with Crippen LogP contribution in [0, 0.1) is 0 Å². The molecular formula is C43H39N9O5. The summed E-state index contributed by atoms with van der Waals surface area (Å²) in [5.41, 5.74) is 12.6. The summed E-state index contributed by atoms with van der Waals surface area (Å²) >= 11 is 0. The Morgan fingerprint density at radius 1 is 0.860 bits per heavy atom. The molecule has 14 heteroatoms. The molecule has 9 rings (SSSR count). The number of likely N-dealkylation sites (tertiary alicyclic amines) is 1. The van der Waals surface area contributed by atoms with E-state index < -0.39 is 11.9 Å². The quantitative estimate of drug-likeness (QED) is 0.153. The molecule has 4 amide bonds. The summed E-state index contributed by atoms with van der Waals surface area (Å²) in [4.78, 5) is 62.8. The number of nitrogens with two attached hydrogens (primary N) is 1. The van der Waals surface area contributed by atoms with E-state index >= 15 is 0 Å². The summed E-state index contributed by atoms with van der Waals surface area (Å²) < 4.78 is 7.92. The molecule has 3 aliphatic rings. The van der Waals surface area contributed by atoms with E-state index in [0.29, 0.717) is 59.9 Å². The molecule has 4 N–H and O–H groups in total. The molecule has 0 spiro atoms. The number of nitrogens with zero attached hydrogens (tertiary/aromatic N) is 6. The van der Waals surface area contributed by atoms with Gasteiger partial charge in [-0.05, 0) is 97.1 Å². The van der Waals surface area contributed by atoms with Gasteiger partial charge in [0.25, 0.3) is 5.91 Å². The number of hydrogen-bond donors (Lipinski definition) is 3. The van der Waals surface area contributed by atoms with Crippen LogP contribution >= 0.6 is 0 Å². The number of piperidine rings is 2. The lowest BCUT2D eigenvalue weighted by Gasteiger charge is -2.32. The van der Waals surface area contributed by atoms with Gasteiger partial charge in [-0.3, -0.25) is 24.5 Å². The number of para-hydroxylation sites is 1. The summed E-state index contributed by atoms with van der Waals surface area (Å²) in [6, 6.07) is 30.0. The number of amides is 4. The van der Waals surface area contributed by atoms with Gasteiger partial charge in [0.15, 0.2) is 5.65 Å². The molecule has 2 fully saturated rings. The number of carbonyl (C=O) groups excluding carboxylic acids is 4. The molecule has 5 heterocycles. The van der Waals surface area contributed by atoms with Gasteiger partial charge in [-0.25, -0.2) is 14.6 Å². The number of nitrogens with one attached hydrogen (secondary N) is 2. The first kappa shape index (κ1) is 35.6. The Morgan fingerprint density at radius 2 is 1.60 bits per heavy atom. The summed E-state index contributed by atoms with van der Waals surface area (Å²) in [5.74, 6) is 0.941. The zero-order valence-corrected chi connectivity index (χ0v) is 30.9. The highest BCUT2D eigenvalue weighted by Crippen LogP contribution is 2.36. The first-order valence-corrected chi connectivity index (χ1v) is 19.0. The van der Waals surface area contributed by atoms with Crippen molar-refractivity contribution in [3.63, 3.8) is 0 Å². The Kier molecular flexibility index (Phi) is 9.28. The number of rotatable bonds is 9. The maximum Gasteiger partial charge on any atom is 0.255 e. The van der Waals surface area contributed by atoms with Crippen LogP contribution in [0.1, 0.15) is 53.2 Å². The molecule has 4 aromatic carbocycles. The number of fused-ring (bicyclic) bond motifs is 2. The minimum Gasteiger partial charge on any atom is -0.457 e. The second-order valence-corrected chi connectivity index (χ2v) is 14.6. The Labute approximate surface area is 327 Å². The van der Waals surface area contributed by atoms with Crippen molar-refractivity contribution in [1.82, 2.24) is 34.9 Å². The molecule has 6 aromatic rings. The monoisotopic (exact) mass is 761 g/mol. The van der Waals surface area contributed by atoms with E-state index in [-0.39, 0.29) is 36.6 Å². The number of nitrogen functional groups attached to an aromatic ring is 1. The summed E-state index contributed by atoms with van der Waals surface area (Å²) in [6.45, 7) is 1.48. The van der Waals surface area contributed by atoms with Crippen LogP contribution in [-0.4, -0.2) is 72.3 Å². The van der Waals surface area contributed by atoms with Crippen molar-refractivity contribution in [2.45, 2.75) is 50.7 Å². The maximum absolute atomic E-state index is 13.5. The molecule has 1 unspecified atom stereocenters. The number of anilines is 3. The third kappa shape index (κ3) is 7.12. The van der Waals surface area contributed by atoms with Crippen LogP contribution < -0.4 is 21.1 Å². The van der Waals surface area contributed by atoms with Gasteiger partial charge < -0.3 is 25.6 Å². The molecule has 14 nitrogen and oxygen atoms in total. The van der Waals surface area contributed by atoms with Crippen molar-refractivity contribution < 1.29 is 23.9 Å². The second kappa shape index (κ2) is 14.9. The fourth-order valence-electron chi connectivity index (χ4n) is 7.93. The zero-order valence-electron chi connectivity index (χ0n) is 30.9. The lowest BCUT2D eigenvalue weighted by atomic mass is 10.0. The third-order valence-electron chi connectivity index (χ3n) is 10.9. The molecular weight excluding hydrogens is 723 g/mol. The van der Waals surface area contributed by atoms with Gasteiger partial charge in [-0.15, -0.1) is 0 Å². The number of ether oxygens (including phenoxy) is 1. The lowest BCUT2D eigenvalue weighted by Crippen LogP contribution is -2.52. The number of imide groups is 1. The van der Waals surface area contributed by atoms with Gasteiger partial charge in [0.1, 0.15) is 35.4 Å². The topological polar surface area (TPSA) is 178 Å².